The third-order valence-electron chi connectivity index (χ3n) is 3.39. The first kappa shape index (κ1) is 17.0. The second kappa shape index (κ2) is 8.35. The minimum atomic E-state index is -0.518. The lowest BCUT2D eigenvalue weighted by Crippen LogP contribution is -2.15. The van der Waals surface area contributed by atoms with Gasteiger partial charge < -0.3 is 4.74 Å². The average Bonchev–Trinajstić information content (AvgIpc) is 2.56. The summed E-state index contributed by atoms with van der Waals surface area (Å²) in [6.45, 7) is 2.40. The maximum Gasteiger partial charge on any atom is 0.411 e. The molecule has 5 heteroatoms. The maximum absolute atomic E-state index is 11.8. The van der Waals surface area contributed by atoms with Gasteiger partial charge in [-0.05, 0) is 47.9 Å². The van der Waals surface area contributed by atoms with Crippen LogP contribution in [0, 0.1) is 11.3 Å². The van der Waals surface area contributed by atoms with Gasteiger partial charge in [-0.25, -0.2) is 4.79 Å². The average molecular weight is 373 g/mol. The standard InChI is InChI=1S/C18H17BrN2O2/c1-2-14-11-16(19)7-6-15(14)8-9-23-18(22)21-17-5-3-4-13(10-17)12-20/h3-7,10-11H,2,8-9H2,1H3,(H,21,22). The molecule has 2 aromatic rings. The summed E-state index contributed by atoms with van der Waals surface area (Å²) < 4.78 is 6.26. The first-order valence-corrected chi connectivity index (χ1v) is 8.13. The molecule has 0 bridgehead atoms. The lowest BCUT2D eigenvalue weighted by Gasteiger charge is -2.10. The molecule has 2 aromatic carbocycles. The molecule has 2 rings (SSSR count). The van der Waals surface area contributed by atoms with Gasteiger partial charge in [0.1, 0.15) is 0 Å². The van der Waals surface area contributed by atoms with E-state index in [-0.39, 0.29) is 0 Å². The Kier molecular flexibility index (Phi) is 6.19. The predicted molar refractivity (Wildman–Crippen MR) is 93.4 cm³/mol. The van der Waals surface area contributed by atoms with Gasteiger partial charge >= 0.3 is 6.09 Å². The highest BCUT2D eigenvalue weighted by Gasteiger charge is 2.06. The lowest BCUT2D eigenvalue weighted by molar-refractivity contribution is 0.163. The van der Waals surface area contributed by atoms with Crippen molar-refractivity contribution in [2.45, 2.75) is 19.8 Å². The Balaban J connectivity index is 1.86. The van der Waals surface area contributed by atoms with Crippen LogP contribution < -0.4 is 5.32 Å². The summed E-state index contributed by atoms with van der Waals surface area (Å²) >= 11 is 3.46. The van der Waals surface area contributed by atoms with Gasteiger partial charge in [0, 0.05) is 16.6 Å². The first-order valence-electron chi connectivity index (χ1n) is 7.33. The highest BCUT2D eigenvalue weighted by Crippen LogP contribution is 2.18. The van der Waals surface area contributed by atoms with Gasteiger partial charge in [0.05, 0.1) is 18.2 Å². The molecule has 4 nitrogen and oxygen atoms in total. The van der Waals surface area contributed by atoms with Crippen molar-refractivity contribution in [3.05, 3.63) is 63.6 Å². The maximum atomic E-state index is 11.8. The molecular formula is C18H17BrN2O2. The van der Waals surface area contributed by atoms with Crippen molar-refractivity contribution in [3.8, 4) is 6.07 Å². The molecule has 0 saturated heterocycles. The number of ether oxygens (including phenoxy) is 1. The predicted octanol–water partition coefficient (Wildman–Crippen LogP) is 4.67. The van der Waals surface area contributed by atoms with Gasteiger partial charge in [0.15, 0.2) is 0 Å². The molecule has 0 spiro atoms. The monoisotopic (exact) mass is 372 g/mol. The highest BCUT2D eigenvalue weighted by atomic mass is 79.9. The van der Waals surface area contributed by atoms with E-state index in [1.165, 1.54) is 11.1 Å². The van der Waals surface area contributed by atoms with Crippen LogP contribution in [-0.4, -0.2) is 12.7 Å². The van der Waals surface area contributed by atoms with Crippen LogP contribution >= 0.6 is 15.9 Å². The van der Waals surface area contributed by atoms with E-state index in [0.717, 1.165) is 10.9 Å². The van der Waals surface area contributed by atoms with Crippen molar-refractivity contribution in [3.63, 3.8) is 0 Å². The molecule has 0 aliphatic carbocycles. The molecule has 1 amide bonds. The number of benzene rings is 2. The largest absolute Gasteiger partial charge is 0.449 e. The molecule has 0 unspecified atom stereocenters. The fourth-order valence-corrected chi connectivity index (χ4v) is 2.65. The van der Waals surface area contributed by atoms with E-state index in [4.69, 9.17) is 10.00 Å². The molecule has 0 aliphatic rings. The summed E-state index contributed by atoms with van der Waals surface area (Å²) in [7, 11) is 0. The second-order valence-electron chi connectivity index (χ2n) is 4.97. The number of amides is 1. The fourth-order valence-electron chi connectivity index (χ4n) is 2.24. The second-order valence-corrected chi connectivity index (χ2v) is 5.89. The molecular weight excluding hydrogens is 356 g/mol. The molecule has 23 heavy (non-hydrogen) atoms. The highest BCUT2D eigenvalue weighted by molar-refractivity contribution is 9.10. The molecule has 0 radical (unpaired) electrons. The summed E-state index contributed by atoms with van der Waals surface area (Å²) in [4.78, 5) is 11.8. The smallest absolute Gasteiger partial charge is 0.411 e. The molecule has 0 aliphatic heterocycles. The van der Waals surface area contributed by atoms with Gasteiger partial charge in [-0.1, -0.05) is 35.0 Å². The number of nitriles is 1. The number of carbonyl (C=O) groups excluding carboxylic acids is 1. The number of hydrogen-bond donors (Lipinski definition) is 1. The zero-order valence-electron chi connectivity index (χ0n) is 12.8. The Morgan fingerprint density at radius 1 is 1.26 bits per heavy atom. The Morgan fingerprint density at radius 2 is 2.09 bits per heavy atom. The van der Waals surface area contributed by atoms with Crippen molar-refractivity contribution in [1.29, 1.82) is 5.26 Å². The summed E-state index contributed by atoms with van der Waals surface area (Å²) in [5.74, 6) is 0. The first-order chi connectivity index (χ1) is 11.1. The third kappa shape index (κ3) is 5.11. The van der Waals surface area contributed by atoms with Crippen LogP contribution in [0.5, 0.6) is 0 Å². The van der Waals surface area contributed by atoms with Gasteiger partial charge in [-0.2, -0.15) is 5.26 Å². The number of nitrogens with one attached hydrogen (secondary N) is 1. The van der Waals surface area contributed by atoms with E-state index in [1.54, 1.807) is 24.3 Å². The van der Waals surface area contributed by atoms with Crippen molar-refractivity contribution >= 4 is 27.7 Å². The molecule has 1 N–H and O–H groups in total. The summed E-state index contributed by atoms with van der Waals surface area (Å²) in [5, 5.41) is 11.5. The SMILES string of the molecule is CCc1cc(Br)ccc1CCOC(=O)Nc1cccc(C#N)c1. The topological polar surface area (TPSA) is 62.1 Å². The van der Waals surface area contributed by atoms with Crippen LogP contribution in [-0.2, 0) is 17.6 Å². The van der Waals surface area contributed by atoms with E-state index in [2.05, 4.69) is 34.2 Å². The van der Waals surface area contributed by atoms with Crippen molar-refractivity contribution in [2.75, 3.05) is 11.9 Å². The van der Waals surface area contributed by atoms with Crippen molar-refractivity contribution in [1.82, 2.24) is 0 Å². The normalized spacial score (nSPS) is 9.96. The summed E-state index contributed by atoms with van der Waals surface area (Å²) in [6.07, 6.45) is 1.08. The van der Waals surface area contributed by atoms with Crippen molar-refractivity contribution in [2.24, 2.45) is 0 Å². The summed E-state index contributed by atoms with van der Waals surface area (Å²) in [5.41, 5.74) is 3.46. The van der Waals surface area contributed by atoms with Crippen LogP contribution in [0.4, 0.5) is 10.5 Å². The van der Waals surface area contributed by atoms with E-state index >= 15 is 0 Å². The molecule has 0 heterocycles. The molecule has 0 fully saturated rings. The zero-order valence-corrected chi connectivity index (χ0v) is 14.4. The number of nitrogens with zero attached hydrogens (tertiary/aromatic N) is 1. The quantitative estimate of drug-likeness (QED) is 0.828. The fraction of sp³-hybridized carbons (Fsp3) is 0.222. The summed E-state index contributed by atoms with van der Waals surface area (Å²) in [6, 6.07) is 14.8. The van der Waals surface area contributed by atoms with Crippen LogP contribution in [0.15, 0.2) is 46.9 Å². The number of anilines is 1. The molecule has 0 saturated carbocycles. The van der Waals surface area contributed by atoms with E-state index < -0.39 is 6.09 Å². The zero-order chi connectivity index (χ0) is 16.7. The number of halogens is 1. The Labute approximate surface area is 144 Å². The number of hydrogen-bond acceptors (Lipinski definition) is 3. The molecule has 0 atom stereocenters. The Morgan fingerprint density at radius 3 is 2.83 bits per heavy atom. The van der Waals surface area contributed by atoms with Crippen LogP contribution in [0.1, 0.15) is 23.6 Å². The minimum Gasteiger partial charge on any atom is -0.449 e. The molecule has 118 valence electrons. The number of aryl methyl sites for hydroxylation is 1. The van der Waals surface area contributed by atoms with Gasteiger partial charge in [-0.3, -0.25) is 5.32 Å². The van der Waals surface area contributed by atoms with Gasteiger partial charge in [0.2, 0.25) is 0 Å². The Bertz CT molecular complexity index is 738. The van der Waals surface area contributed by atoms with Gasteiger partial charge in [0.25, 0.3) is 0 Å². The van der Waals surface area contributed by atoms with Crippen LogP contribution in [0.3, 0.4) is 0 Å². The number of rotatable bonds is 5. The van der Waals surface area contributed by atoms with Crippen LogP contribution in [0.25, 0.3) is 0 Å². The minimum absolute atomic E-state index is 0.304. The van der Waals surface area contributed by atoms with Crippen LogP contribution in [0.2, 0.25) is 0 Å². The number of carbonyl (C=O) groups is 1. The molecule has 0 aromatic heterocycles. The van der Waals surface area contributed by atoms with Gasteiger partial charge in [-0.15, -0.1) is 0 Å². The van der Waals surface area contributed by atoms with E-state index in [0.29, 0.717) is 24.3 Å². The van der Waals surface area contributed by atoms with E-state index in [1.807, 2.05) is 18.2 Å². The third-order valence-corrected chi connectivity index (χ3v) is 3.89. The van der Waals surface area contributed by atoms with Crippen molar-refractivity contribution < 1.29 is 9.53 Å². The lowest BCUT2D eigenvalue weighted by atomic mass is 10.0. The Hall–Kier alpha value is -2.32. The van der Waals surface area contributed by atoms with E-state index in [9.17, 15) is 4.79 Å².